The zero-order chi connectivity index (χ0) is 33.6. The first-order valence-corrected chi connectivity index (χ1v) is 16.0. The van der Waals surface area contributed by atoms with E-state index in [-0.39, 0.29) is 29.5 Å². The molecule has 0 bridgehead atoms. The lowest BCUT2D eigenvalue weighted by Gasteiger charge is -2.17. The molecule has 2 atom stereocenters. The van der Waals surface area contributed by atoms with E-state index in [9.17, 15) is 32.6 Å². The van der Waals surface area contributed by atoms with Gasteiger partial charge >= 0.3 is 5.97 Å². The van der Waals surface area contributed by atoms with Gasteiger partial charge in [0.2, 0.25) is 10.0 Å². The van der Waals surface area contributed by atoms with Crippen molar-refractivity contribution in [1.82, 2.24) is 4.57 Å². The molecule has 4 rings (SSSR count). The van der Waals surface area contributed by atoms with Crippen LogP contribution in [0, 0.1) is 5.82 Å². The quantitative estimate of drug-likeness (QED) is 0.155. The summed E-state index contributed by atoms with van der Waals surface area (Å²) in [7, 11) is -2.73. The Balaban J connectivity index is 1.91. The maximum Gasteiger partial charge on any atom is 0.308 e. The molecule has 0 aliphatic carbocycles. The van der Waals surface area contributed by atoms with Gasteiger partial charge < -0.3 is 24.8 Å². The van der Waals surface area contributed by atoms with Gasteiger partial charge in [0.05, 0.1) is 30.6 Å². The average Bonchev–Trinajstić information content (AvgIpc) is 3.36. The number of aliphatic hydroxyl groups is 2. The Hall–Kier alpha value is -4.62. The lowest BCUT2D eigenvalue weighted by atomic mass is 9.94. The second kappa shape index (κ2) is 14.6. The first-order chi connectivity index (χ1) is 21.8. The molecule has 1 amide bonds. The third-order valence-electron chi connectivity index (χ3n) is 7.23. The van der Waals surface area contributed by atoms with E-state index in [1.165, 1.54) is 49.6 Å². The Bertz CT molecular complexity index is 1820. The fourth-order valence-corrected chi connectivity index (χ4v) is 5.68. The predicted molar refractivity (Wildman–Crippen MR) is 174 cm³/mol. The molecule has 0 saturated carbocycles. The molecule has 0 spiro atoms. The van der Waals surface area contributed by atoms with Gasteiger partial charge in [0.25, 0.3) is 5.91 Å². The number of esters is 1. The Morgan fingerprint density at radius 3 is 2.13 bits per heavy atom. The number of aliphatic hydroxyl groups excluding tert-OH is 2. The number of hydrogen-bond acceptors (Lipinski definition) is 7. The van der Waals surface area contributed by atoms with Crippen LogP contribution in [0.5, 0.6) is 0 Å². The number of sulfonamides is 1. The summed E-state index contributed by atoms with van der Waals surface area (Å²) in [5.41, 5.74) is 3.54. The van der Waals surface area contributed by atoms with Crippen molar-refractivity contribution in [2.24, 2.45) is 5.14 Å². The lowest BCUT2D eigenvalue weighted by molar-refractivity contribution is -0.143. The van der Waals surface area contributed by atoms with Crippen molar-refractivity contribution in [2.45, 2.75) is 49.8 Å². The average molecular weight is 650 g/mol. The number of ether oxygens (including phenoxy) is 1. The van der Waals surface area contributed by atoms with E-state index in [1.807, 2.05) is 44.2 Å². The number of aromatic nitrogens is 1. The Morgan fingerprint density at radius 2 is 1.57 bits per heavy atom. The summed E-state index contributed by atoms with van der Waals surface area (Å²) in [4.78, 5) is 25.7. The van der Waals surface area contributed by atoms with Crippen molar-refractivity contribution in [1.29, 1.82) is 0 Å². The van der Waals surface area contributed by atoms with Crippen LogP contribution in [0.2, 0.25) is 0 Å². The fourth-order valence-electron chi connectivity index (χ4n) is 5.16. The standard InChI is InChI=1S/C34H36FN3O7S/c1-21(2)38-29(18-15-26(39)19-27(40)20-30(41)45-3)31(23-9-11-24(35)12-10-23)32(22-7-5-4-6-8-22)33(38)34(42)37-25-13-16-28(17-14-25)46(36,43)44/h4-18,21,26-27,39-40H,19-20H2,1-3H3,(H,37,42)(H2,36,43,44)/b18-15+/t26-,27+/m0/s1. The number of hydrogen-bond donors (Lipinski definition) is 4. The second-order valence-corrected chi connectivity index (χ2v) is 12.5. The van der Waals surface area contributed by atoms with E-state index in [0.29, 0.717) is 33.6 Å². The van der Waals surface area contributed by atoms with Gasteiger partial charge in [-0.05, 0) is 67.4 Å². The molecule has 0 fully saturated rings. The van der Waals surface area contributed by atoms with E-state index in [0.717, 1.165) is 0 Å². The zero-order valence-electron chi connectivity index (χ0n) is 25.6. The number of primary sulfonamides is 1. The monoisotopic (exact) mass is 649 g/mol. The van der Waals surface area contributed by atoms with Crippen LogP contribution in [0.3, 0.4) is 0 Å². The van der Waals surface area contributed by atoms with E-state index >= 15 is 0 Å². The number of benzene rings is 3. The number of anilines is 1. The SMILES string of the molecule is COC(=O)C[C@H](O)C[C@@H](O)/C=C/c1c(-c2ccc(F)cc2)c(-c2ccccc2)c(C(=O)Nc2ccc(S(N)(=O)=O)cc2)n1C(C)C. The van der Waals surface area contributed by atoms with Gasteiger partial charge in [-0.25, -0.2) is 17.9 Å². The Kier molecular flexibility index (Phi) is 10.9. The predicted octanol–water partition coefficient (Wildman–Crippen LogP) is 5.13. The van der Waals surface area contributed by atoms with Crippen LogP contribution in [0.1, 0.15) is 48.9 Å². The Morgan fingerprint density at radius 1 is 0.957 bits per heavy atom. The van der Waals surface area contributed by atoms with E-state index < -0.39 is 39.9 Å². The summed E-state index contributed by atoms with van der Waals surface area (Å²) in [5.74, 6) is -1.56. The van der Waals surface area contributed by atoms with Crippen molar-refractivity contribution < 1.29 is 37.3 Å². The molecule has 5 N–H and O–H groups in total. The highest BCUT2D eigenvalue weighted by atomic mass is 32.2. The molecule has 0 radical (unpaired) electrons. The summed E-state index contributed by atoms with van der Waals surface area (Å²) in [6, 6.07) is 20.1. The Labute approximate surface area is 267 Å². The molecule has 0 aliphatic heterocycles. The molecule has 10 nitrogen and oxygen atoms in total. The van der Waals surface area contributed by atoms with Gasteiger partial charge in [0.1, 0.15) is 11.5 Å². The largest absolute Gasteiger partial charge is 0.469 e. The zero-order valence-corrected chi connectivity index (χ0v) is 26.4. The highest BCUT2D eigenvalue weighted by molar-refractivity contribution is 7.89. The number of nitrogens with zero attached hydrogens (tertiary/aromatic N) is 1. The number of carbonyl (C=O) groups is 2. The molecule has 0 unspecified atom stereocenters. The van der Waals surface area contributed by atoms with Gasteiger partial charge in [0.15, 0.2) is 0 Å². The minimum Gasteiger partial charge on any atom is -0.469 e. The molecular weight excluding hydrogens is 613 g/mol. The number of methoxy groups -OCH3 is 1. The molecule has 3 aromatic carbocycles. The third kappa shape index (κ3) is 8.15. The summed E-state index contributed by atoms with van der Waals surface area (Å²) in [6.07, 6.45) is 0.356. The highest BCUT2D eigenvalue weighted by Crippen LogP contribution is 2.43. The summed E-state index contributed by atoms with van der Waals surface area (Å²) in [6.45, 7) is 3.77. The molecule has 12 heteroatoms. The van der Waals surface area contributed by atoms with Crippen LogP contribution in [0.4, 0.5) is 10.1 Å². The van der Waals surface area contributed by atoms with Crippen LogP contribution >= 0.6 is 0 Å². The fraction of sp³-hybridized carbons (Fsp3) is 0.235. The minimum atomic E-state index is -3.94. The molecule has 1 aromatic heterocycles. The van der Waals surface area contributed by atoms with Gasteiger partial charge in [-0.2, -0.15) is 0 Å². The minimum absolute atomic E-state index is 0.109. The van der Waals surface area contributed by atoms with Gasteiger partial charge in [-0.3, -0.25) is 9.59 Å². The topological polar surface area (TPSA) is 161 Å². The van der Waals surface area contributed by atoms with E-state index in [4.69, 9.17) is 5.14 Å². The normalized spacial score (nSPS) is 13.1. The summed E-state index contributed by atoms with van der Waals surface area (Å²) < 4.78 is 43.9. The summed E-state index contributed by atoms with van der Waals surface area (Å²) in [5, 5.41) is 29.1. The maximum absolute atomic E-state index is 14.2. The molecule has 242 valence electrons. The number of halogens is 1. The van der Waals surface area contributed by atoms with Crippen LogP contribution < -0.4 is 10.5 Å². The first kappa shape index (κ1) is 34.3. The number of nitrogens with one attached hydrogen (secondary N) is 1. The van der Waals surface area contributed by atoms with E-state index in [1.54, 1.807) is 22.8 Å². The van der Waals surface area contributed by atoms with Crippen LogP contribution in [0.25, 0.3) is 28.3 Å². The van der Waals surface area contributed by atoms with Gasteiger partial charge in [-0.15, -0.1) is 0 Å². The second-order valence-electron chi connectivity index (χ2n) is 10.9. The number of carbonyl (C=O) groups excluding carboxylic acids is 2. The van der Waals surface area contributed by atoms with Crippen LogP contribution in [-0.2, 0) is 19.6 Å². The first-order valence-electron chi connectivity index (χ1n) is 14.4. The molecule has 1 heterocycles. The lowest BCUT2D eigenvalue weighted by Crippen LogP contribution is -2.21. The van der Waals surface area contributed by atoms with Crippen molar-refractivity contribution in [2.75, 3.05) is 12.4 Å². The summed E-state index contributed by atoms with van der Waals surface area (Å²) >= 11 is 0. The smallest absolute Gasteiger partial charge is 0.308 e. The number of amides is 1. The highest BCUT2D eigenvalue weighted by Gasteiger charge is 2.29. The van der Waals surface area contributed by atoms with Crippen LogP contribution in [-0.4, -0.2) is 54.4 Å². The van der Waals surface area contributed by atoms with Gasteiger partial charge in [0, 0.05) is 35.0 Å². The molecule has 46 heavy (non-hydrogen) atoms. The molecule has 0 aliphatic rings. The van der Waals surface area contributed by atoms with E-state index in [2.05, 4.69) is 10.1 Å². The molecular formula is C34H36FN3O7S. The van der Waals surface area contributed by atoms with Crippen LogP contribution in [0.15, 0.2) is 89.8 Å². The number of nitrogens with two attached hydrogens (primary N) is 1. The third-order valence-corrected chi connectivity index (χ3v) is 8.16. The van der Waals surface area contributed by atoms with Crippen molar-refractivity contribution in [3.8, 4) is 22.3 Å². The number of rotatable bonds is 12. The molecule has 4 aromatic rings. The van der Waals surface area contributed by atoms with Crippen molar-refractivity contribution >= 4 is 33.7 Å². The maximum atomic E-state index is 14.2. The van der Waals surface area contributed by atoms with Gasteiger partial charge in [-0.1, -0.05) is 48.5 Å². The van der Waals surface area contributed by atoms with Crippen molar-refractivity contribution in [3.05, 3.63) is 102 Å². The molecule has 0 saturated heterocycles. The van der Waals surface area contributed by atoms with Crippen molar-refractivity contribution in [3.63, 3.8) is 0 Å².